The van der Waals surface area contributed by atoms with Gasteiger partial charge < -0.3 is 20.5 Å². The summed E-state index contributed by atoms with van der Waals surface area (Å²) in [6.45, 7) is 5.03. The molecule has 8 nitrogen and oxygen atoms in total. The Morgan fingerprint density at radius 3 is 2.54 bits per heavy atom. The molecule has 0 aromatic heterocycles. The number of nitrogens with two attached hydrogens (primary N) is 1. The molecule has 1 aliphatic carbocycles. The van der Waals surface area contributed by atoms with E-state index in [9.17, 15) is 9.59 Å². The van der Waals surface area contributed by atoms with Crippen molar-refractivity contribution in [2.75, 3.05) is 13.2 Å². The number of benzene rings is 2. The quantitative estimate of drug-likeness (QED) is 0.473. The van der Waals surface area contributed by atoms with Crippen LogP contribution in [0.15, 0.2) is 53.0 Å². The Hall–Kier alpha value is -3.81. The molecule has 8 rings (SSSR count). The summed E-state index contributed by atoms with van der Waals surface area (Å²) in [5.74, 6) is 1.99. The lowest BCUT2D eigenvalue weighted by molar-refractivity contribution is -0.130. The van der Waals surface area contributed by atoms with Crippen LogP contribution in [-0.4, -0.2) is 41.9 Å². The summed E-state index contributed by atoms with van der Waals surface area (Å²) in [5.41, 5.74) is 11.4. The lowest BCUT2D eigenvalue weighted by Gasteiger charge is -2.38. The van der Waals surface area contributed by atoms with Crippen molar-refractivity contribution in [2.45, 2.75) is 76.4 Å². The van der Waals surface area contributed by atoms with E-state index in [0.29, 0.717) is 49.7 Å². The number of fused-ring (bicyclic) bond motifs is 4. The van der Waals surface area contributed by atoms with Crippen molar-refractivity contribution in [2.24, 2.45) is 10.7 Å². The van der Waals surface area contributed by atoms with E-state index in [2.05, 4.69) is 23.5 Å². The summed E-state index contributed by atoms with van der Waals surface area (Å²) in [6.07, 6.45) is 6.65. The Bertz CT molecular complexity index is 1370. The average Bonchev–Trinajstić information content (AvgIpc) is 3.73. The van der Waals surface area contributed by atoms with Gasteiger partial charge in [0.2, 0.25) is 5.91 Å². The van der Waals surface area contributed by atoms with E-state index in [-0.39, 0.29) is 35.9 Å². The van der Waals surface area contributed by atoms with Crippen molar-refractivity contribution in [3.63, 3.8) is 0 Å². The lowest BCUT2D eigenvalue weighted by atomic mass is 9.94. The number of aliphatic imine (C=N–C) groups is 1. The van der Waals surface area contributed by atoms with Crippen molar-refractivity contribution in [1.82, 2.24) is 10.2 Å². The van der Waals surface area contributed by atoms with Gasteiger partial charge in [-0.25, -0.2) is 4.99 Å². The Morgan fingerprint density at radius 2 is 1.72 bits per heavy atom. The van der Waals surface area contributed by atoms with E-state index >= 15 is 0 Å². The lowest BCUT2D eigenvalue weighted by Crippen LogP contribution is -2.50. The van der Waals surface area contributed by atoms with Crippen molar-refractivity contribution in [3.8, 4) is 11.5 Å². The molecule has 2 amide bonds. The molecule has 3 unspecified atom stereocenters. The molecule has 204 valence electrons. The van der Waals surface area contributed by atoms with Crippen LogP contribution in [0.3, 0.4) is 0 Å². The third kappa shape index (κ3) is 4.77. The number of carbonyl (C=O) groups is 2. The number of carbonyl (C=O) groups excluding carboxylic acids is 2. The summed E-state index contributed by atoms with van der Waals surface area (Å²) >= 11 is 0. The monoisotopic (exact) mass is 528 g/mol. The van der Waals surface area contributed by atoms with Crippen molar-refractivity contribution in [1.29, 1.82) is 0 Å². The number of amides is 2. The van der Waals surface area contributed by atoms with Gasteiger partial charge in [-0.15, -0.1) is 0 Å². The van der Waals surface area contributed by atoms with Crippen LogP contribution in [0.25, 0.3) is 0 Å². The van der Waals surface area contributed by atoms with Gasteiger partial charge in [0.1, 0.15) is 11.5 Å². The van der Waals surface area contributed by atoms with Gasteiger partial charge in [-0.2, -0.15) is 0 Å². The predicted octanol–water partition coefficient (Wildman–Crippen LogP) is 4.91. The first-order valence-electron chi connectivity index (χ1n) is 14.2. The Kier molecular flexibility index (Phi) is 6.79. The predicted molar refractivity (Wildman–Crippen MR) is 149 cm³/mol. The number of rotatable bonds is 0. The van der Waals surface area contributed by atoms with Crippen molar-refractivity contribution in [3.05, 3.63) is 70.3 Å². The summed E-state index contributed by atoms with van der Waals surface area (Å²) in [7, 11) is 0. The van der Waals surface area contributed by atoms with Gasteiger partial charge >= 0.3 is 0 Å². The maximum Gasteiger partial charge on any atom is 0.251 e. The van der Waals surface area contributed by atoms with Crippen LogP contribution in [0.5, 0.6) is 11.5 Å². The molecule has 8 heteroatoms. The van der Waals surface area contributed by atoms with E-state index < -0.39 is 0 Å². The second-order valence-corrected chi connectivity index (χ2v) is 10.6. The SMILES string of the molecule is CC.NC1=NC2CC/C=C3/CC3c3ccc4c(c3)C(CCO4)NC(=O)c3ccc4c(c3)[C@@H](CCO4)N1C(=O)C2. The topological polar surface area (TPSA) is 106 Å². The highest BCUT2D eigenvalue weighted by Crippen LogP contribution is 2.49. The molecule has 2 aromatic carbocycles. The minimum absolute atomic E-state index is 0.0224. The van der Waals surface area contributed by atoms with Crippen LogP contribution in [0, 0.1) is 0 Å². The minimum atomic E-state index is -0.309. The minimum Gasteiger partial charge on any atom is -0.493 e. The third-order valence-corrected chi connectivity index (χ3v) is 8.25. The Balaban J connectivity index is 0.00000135. The second kappa shape index (κ2) is 10.4. The maximum atomic E-state index is 13.5. The fraction of sp³-hybridized carbons (Fsp3) is 0.452. The van der Waals surface area contributed by atoms with Crippen LogP contribution in [0.1, 0.15) is 97.4 Å². The molecule has 0 spiro atoms. The van der Waals surface area contributed by atoms with Gasteiger partial charge in [-0.3, -0.25) is 14.5 Å². The zero-order valence-corrected chi connectivity index (χ0v) is 22.6. The Labute approximate surface area is 229 Å². The first-order chi connectivity index (χ1) is 19.0. The second-order valence-electron chi connectivity index (χ2n) is 10.6. The molecule has 1 saturated carbocycles. The van der Waals surface area contributed by atoms with Gasteiger partial charge in [0.15, 0.2) is 5.96 Å². The highest BCUT2D eigenvalue weighted by atomic mass is 16.5. The molecule has 39 heavy (non-hydrogen) atoms. The fourth-order valence-electron chi connectivity index (χ4n) is 6.23. The molecule has 2 aromatic rings. The molecular weight excluding hydrogens is 492 g/mol. The van der Waals surface area contributed by atoms with E-state index in [0.717, 1.165) is 36.1 Å². The van der Waals surface area contributed by atoms with E-state index in [1.807, 2.05) is 32.0 Å². The number of nitrogens with zero attached hydrogens (tertiary/aromatic N) is 2. The molecule has 0 saturated heterocycles. The van der Waals surface area contributed by atoms with Crippen LogP contribution in [0.2, 0.25) is 0 Å². The fourth-order valence-corrected chi connectivity index (χ4v) is 6.23. The van der Waals surface area contributed by atoms with Crippen LogP contribution in [-0.2, 0) is 4.79 Å². The number of ether oxygens (including phenoxy) is 2. The molecular formula is C31H36N4O4. The summed E-state index contributed by atoms with van der Waals surface area (Å²) < 4.78 is 11.8. The normalized spacial score (nSPS) is 28.3. The Morgan fingerprint density at radius 1 is 0.949 bits per heavy atom. The number of hydrogen-bond acceptors (Lipinski definition) is 6. The summed E-state index contributed by atoms with van der Waals surface area (Å²) in [5, 5.41) is 3.24. The summed E-state index contributed by atoms with van der Waals surface area (Å²) in [4.78, 5) is 33.1. The zero-order valence-electron chi connectivity index (χ0n) is 22.6. The molecule has 5 heterocycles. The van der Waals surface area contributed by atoms with Gasteiger partial charge in [-0.05, 0) is 55.2 Å². The molecule has 6 aliphatic rings. The maximum absolute atomic E-state index is 13.5. The number of guanidine groups is 1. The van der Waals surface area contributed by atoms with Gasteiger partial charge in [0, 0.05) is 41.9 Å². The van der Waals surface area contributed by atoms with Gasteiger partial charge in [0.25, 0.3) is 5.91 Å². The number of nitrogens with one attached hydrogen (secondary N) is 1. The van der Waals surface area contributed by atoms with Crippen LogP contribution in [0.4, 0.5) is 0 Å². The molecule has 4 atom stereocenters. The standard InChI is InChI=1S/C29H30N4O4.C2H6/c30-29-31-19-3-1-2-16-12-20(16)17-4-6-25-21(13-17)23(8-10-36-25)32-28(35)18-5-7-26-22(14-18)24(9-11-37-26)33(29)27(34)15-19;1-2/h2,4-7,13-14,19-20,23-24H,1,3,8-12,15H2,(H2,30,31)(H,32,35);1-2H3/b16-2-;/t19?,20?,23?,24-;/m1./s1. The average molecular weight is 529 g/mol. The molecule has 3 N–H and O–H groups in total. The van der Waals surface area contributed by atoms with Gasteiger partial charge in [0.05, 0.1) is 31.3 Å². The highest BCUT2D eigenvalue weighted by molar-refractivity contribution is 5.99. The van der Waals surface area contributed by atoms with E-state index in [1.165, 1.54) is 11.1 Å². The molecule has 1 fully saturated rings. The first kappa shape index (κ1) is 25.5. The van der Waals surface area contributed by atoms with Crippen molar-refractivity contribution >= 4 is 17.8 Å². The summed E-state index contributed by atoms with van der Waals surface area (Å²) in [6, 6.07) is 11.3. The molecule has 6 bridgehead atoms. The van der Waals surface area contributed by atoms with E-state index in [4.69, 9.17) is 20.2 Å². The molecule has 5 aliphatic heterocycles. The zero-order chi connectivity index (χ0) is 27.1. The third-order valence-electron chi connectivity index (χ3n) is 8.25. The van der Waals surface area contributed by atoms with Gasteiger partial charge in [-0.1, -0.05) is 31.6 Å². The first-order valence-corrected chi connectivity index (χ1v) is 14.2. The number of hydrogen-bond donors (Lipinski definition) is 2. The number of allylic oxidation sites excluding steroid dienone is 2. The van der Waals surface area contributed by atoms with E-state index in [1.54, 1.807) is 11.0 Å². The van der Waals surface area contributed by atoms with Crippen molar-refractivity contribution < 1.29 is 19.1 Å². The van der Waals surface area contributed by atoms with Crippen LogP contribution < -0.4 is 20.5 Å². The highest BCUT2D eigenvalue weighted by Gasteiger charge is 2.38. The molecule has 0 radical (unpaired) electrons. The van der Waals surface area contributed by atoms with Crippen LogP contribution >= 0.6 is 0 Å². The smallest absolute Gasteiger partial charge is 0.251 e. The largest absolute Gasteiger partial charge is 0.493 e.